The lowest BCUT2D eigenvalue weighted by Crippen LogP contribution is -2.51. The molecule has 2 saturated heterocycles. The first-order valence-corrected chi connectivity index (χ1v) is 11.2. The molecule has 2 aliphatic heterocycles. The molecule has 1 unspecified atom stereocenters. The van der Waals surface area contributed by atoms with E-state index in [0.717, 1.165) is 54.1 Å². The number of aromatic nitrogens is 2. The Morgan fingerprint density at radius 2 is 2.12 bits per heavy atom. The lowest BCUT2D eigenvalue weighted by Gasteiger charge is -2.37. The van der Waals surface area contributed by atoms with E-state index in [4.69, 9.17) is 21.3 Å². The summed E-state index contributed by atoms with van der Waals surface area (Å²) >= 11 is 6.49. The highest BCUT2D eigenvalue weighted by atomic mass is 35.5. The number of benzene rings is 2. The van der Waals surface area contributed by atoms with Crippen LogP contribution in [0.5, 0.6) is 0 Å². The molecule has 0 radical (unpaired) electrons. The molecule has 2 aromatic carbocycles. The Labute approximate surface area is 191 Å². The van der Waals surface area contributed by atoms with Crippen LogP contribution in [0.4, 0.5) is 0 Å². The number of ether oxygens (including phenoxy) is 1. The number of H-pyrrole nitrogens is 1. The number of nitrogens with one attached hydrogen (secondary N) is 1. The van der Waals surface area contributed by atoms with Crippen molar-refractivity contribution in [1.29, 1.82) is 0 Å². The number of aromatic amines is 1. The molecular weight excluding hydrogens is 428 g/mol. The van der Waals surface area contributed by atoms with Gasteiger partial charge in [0.05, 0.1) is 24.7 Å². The number of carbonyl (C=O) groups excluding carboxylic acids is 2. The molecule has 2 fully saturated rings. The van der Waals surface area contributed by atoms with Crippen LogP contribution in [0.3, 0.4) is 0 Å². The number of esters is 1. The van der Waals surface area contributed by atoms with Gasteiger partial charge in [-0.1, -0.05) is 23.7 Å². The maximum absolute atomic E-state index is 12.5. The lowest BCUT2D eigenvalue weighted by atomic mass is 10.0. The highest BCUT2D eigenvalue weighted by Crippen LogP contribution is 2.33. The van der Waals surface area contributed by atoms with Gasteiger partial charge in [-0.15, -0.1) is 0 Å². The largest absolute Gasteiger partial charge is 0.465 e. The number of methoxy groups -OCH3 is 1. The Kier molecular flexibility index (Phi) is 5.39. The maximum Gasteiger partial charge on any atom is 0.340 e. The fourth-order valence-corrected chi connectivity index (χ4v) is 5.15. The topological polar surface area (TPSA) is 78.5 Å². The molecule has 5 rings (SSSR count). The van der Waals surface area contributed by atoms with Gasteiger partial charge in [-0.3, -0.25) is 9.69 Å². The fourth-order valence-electron chi connectivity index (χ4n) is 4.80. The van der Waals surface area contributed by atoms with Crippen LogP contribution in [0.25, 0.3) is 22.2 Å². The summed E-state index contributed by atoms with van der Waals surface area (Å²) in [6, 6.07) is 9.92. The van der Waals surface area contributed by atoms with Crippen molar-refractivity contribution in [2.75, 3.05) is 26.7 Å². The standard InChI is InChI=1S/C24H25ClN4O3/c1-14-3-5-17(19(25)9-14)15-10-18(24(31)32-2)23-20(11-15)26-21(27-23)13-28-7-8-29-16(12-28)4-6-22(29)30/h3,5,9-11,16H,4,6-8,12-13H2,1-2H3,(H,26,27). The second-order valence-corrected chi connectivity index (χ2v) is 9.00. The predicted octanol–water partition coefficient (Wildman–Crippen LogP) is 3.78. The fraction of sp³-hybridized carbons (Fsp3) is 0.375. The van der Waals surface area contributed by atoms with Crippen molar-refractivity contribution in [3.63, 3.8) is 0 Å². The van der Waals surface area contributed by atoms with E-state index in [9.17, 15) is 9.59 Å². The summed E-state index contributed by atoms with van der Waals surface area (Å²) in [7, 11) is 1.37. The van der Waals surface area contributed by atoms with Crippen molar-refractivity contribution in [3.8, 4) is 11.1 Å². The molecule has 7 nitrogen and oxygen atoms in total. The van der Waals surface area contributed by atoms with E-state index in [1.165, 1.54) is 7.11 Å². The molecule has 1 amide bonds. The normalized spacial score (nSPS) is 18.9. The van der Waals surface area contributed by atoms with Gasteiger partial charge in [-0.2, -0.15) is 0 Å². The number of nitrogens with zero attached hydrogens (tertiary/aromatic N) is 3. The SMILES string of the molecule is COC(=O)c1cc(-c2ccc(C)cc2Cl)cc2[nH]c(CN3CCN4C(=O)CCC4C3)nc12. The van der Waals surface area contributed by atoms with Gasteiger partial charge in [-0.05, 0) is 42.7 Å². The van der Waals surface area contributed by atoms with Crippen molar-refractivity contribution in [1.82, 2.24) is 19.8 Å². The summed E-state index contributed by atoms with van der Waals surface area (Å²) in [6.07, 6.45) is 1.57. The summed E-state index contributed by atoms with van der Waals surface area (Å²) in [5.74, 6) is 0.620. The van der Waals surface area contributed by atoms with Crippen molar-refractivity contribution < 1.29 is 14.3 Å². The van der Waals surface area contributed by atoms with Crippen molar-refractivity contribution in [2.45, 2.75) is 32.4 Å². The van der Waals surface area contributed by atoms with E-state index < -0.39 is 5.97 Å². The summed E-state index contributed by atoms with van der Waals surface area (Å²) in [6.45, 7) is 5.03. The molecule has 0 spiro atoms. The first kappa shape index (κ1) is 21.0. The van der Waals surface area contributed by atoms with Crippen LogP contribution in [0, 0.1) is 6.92 Å². The molecule has 8 heteroatoms. The summed E-state index contributed by atoms with van der Waals surface area (Å²) in [5.41, 5.74) is 4.52. The van der Waals surface area contributed by atoms with E-state index >= 15 is 0 Å². The van der Waals surface area contributed by atoms with E-state index in [0.29, 0.717) is 35.1 Å². The first-order chi connectivity index (χ1) is 15.4. The zero-order chi connectivity index (χ0) is 22.4. The molecule has 1 atom stereocenters. The number of hydrogen-bond donors (Lipinski definition) is 1. The van der Waals surface area contributed by atoms with E-state index in [2.05, 4.69) is 9.88 Å². The Bertz CT molecular complexity index is 1220. The number of imidazole rings is 1. The molecule has 3 heterocycles. The minimum Gasteiger partial charge on any atom is -0.465 e. The first-order valence-electron chi connectivity index (χ1n) is 10.8. The third kappa shape index (κ3) is 3.76. The summed E-state index contributed by atoms with van der Waals surface area (Å²) in [4.78, 5) is 36.9. The molecule has 2 aliphatic rings. The van der Waals surface area contributed by atoms with Gasteiger partial charge in [0.2, 0.25) is 5.91 Å². The molecular formula is C24H25ClN4O3. The second-order valence-electron chi connectivity index (χ2n) is 8.59. The molecule has 0 saturated carbocycles. The third-order valence-electron chi connectivity index (χ3n) is 6.43. The Balaban J connectivity index is 1.48. The number of amides is 1. The van der Waals surface area contributed by atoms with Crippen LogP contribution in [0.15, 0.2) is 30.3 Å². The van der Waals surface area contributed by atoms with Crippen LogP contribution in [0.1, 0.15) is 34.6 Å². The average molecular weight is 453 g/mol. The van der Waals surface area contributed by atoms with Gasteiger partial charge in [-0.25, -0.2) is 9.78 Å². The monoisotopic (exact) mass is 452 g/mol. The molecule has 166 valence electrons. The Morgan fingerprint density at radius 1 is 1.28 bits per heavy atom. The minimum absolute atomic E-state index is 0.267. The number of fused-ring (bicyclic) bond motifs is 2. The third-order valence-corrected chi connectivity index (χ3v) is 6.74. The van der Waals surface area contributed by atoms with Gasteiger partial charge in [0, 0.05) is 42.7 Å². The quantitative estimate of drug-likeness (QED) is 0.609. The van der Waals surface area contributed by atoms with E-state index in [-0.39, 0.29) is 5.91 Å². The van der Waals surface area contributed by atoms with Gasteiger partial charge < -0.3 is 14.6 Å². The number of aryl methyl sites for hydroxylation is 1. The Morgan fingerprint density at radius 3 is 2.91 bits per heavy atom. The number of rotatable bonds is 4. The van der Waals surface area contributed by atoms with Gasteiger partial charge in [0.1, 0.15) is 11.3 Å². The molecule has 32 heavy (non-hydrogen) atoms. The number of hydrogen-bond acceptors (Lipinski definition) is 5. The maximum atomic E-state index is 12.5. The van der Waals surface area contributed by atoms with Crippen LogP contribution < -0.4 is 0 Å². The zero-order valence-corrected chi connectivity index (χ0v) is 18.9. The molecule has 0 aliphatic carbocycles. The number of carbonyl (C=O) groups is 2. The zero-order valence-electron chi connectivity index (χ0n) is 18.2. The molecule has 3 aromatic rings. The van der Waals surface area contributed by atoms with E-state index in [1.54, 1.807) is 6.07 Å². The van der Waals surface area contributed by atoms with Crippen molar-refractivity contribution >= 4 is 34.5 Å². The van der Waals surface area contributed by atoms with Gasteiger partial charge in [0.15, 0.2) is 0 Å². The highest BCUT2D eigenvalue weighted by molar-refractivity contribution is 6.33. The van der Waals surface area contributed by atoms with Crippen LogP contribution in [-0.4, -0.2) is 64.4 Å². The predicted molar refractivity (Wildman–Crippen MR) is 123 cm³/mol. The molecule has 1 aromatic heterocycles. The minimum atomic E-state index is -0.434. The summed E-state index contributed by atoms with van der Waals surface area (Å²) < 4.78 is 5.03. The lowest BCUT2D eigenvalue weighted by molar-refractivity contribution is -0.130. The van der Waals surface area contributed by atoms with Gasteiger partial charge in [0.25, 0.3) is 0 Å². The van der Waals surface area contributed by atoms with E-state index in [1.807, 2.05) is 36.1 Å². The van der Waals surface area contributed by atoms with Crippen LogP contribution in [-0.2, 0) is 16.1 Å². The second kappa shape index (κ2) is 8.22. The Hall–Kier alpha value is -2.90. The average Bonchev–Trinajstić information content (AvgIpc) is 3.35. The number of piperazine rings is 1. The smallest absolute Gasteiger partial charge is 0.340 e. The van der Waals surface area contributed by atoms with Crippen molar-refractivity contribution in [2.24, 2.45) is 0 Å². The van der Waals surface area contributed by atoms with Crippen LogP contribution in [0.2, 0.25) is 5.02 Å². The van der Waals surface area contributed by atoms with Gasteiger partial charge >= 0.3 is 5.97 Å². The summed E-state index contributed by atoms with van der Waals surface area (Å²) in [5, 5.41) is 0.629. The molecule has 0 bridgehead atoms. The van der Waals surface area contributed by atoms with Crippen LogP contribution >= 0.6 is 11.6 Å². The highest BCUT2D eigenvalue weighted by Gasteiger charge is 2.35. The molecule has 1 N–H and O–H groups in total. The number of halogens is 1. The van der Waals surface area contributed by atoms with Crippen molar-refractivity contribution in [3.05, 3.63) is 52.3 Å².